The number of aliphatic carboxylic acids is 1. The molecule has 0 saturated carbocycles. The van der Waals surface area contributed by atoms with E-state index in [9.17, 15) is 18.7 Å². The number of hydrogen-bond donors (Lipinski definition) is 3. The molecule has 2 unspecified atom stereocenters. The Labute approximate surface area is 186 Å². The molecule has 158 valence electrons. The van der Waals surface area contributed by atoms with Gasteiger partial charge in [-0.15, -0.1) is 23.1 Å². The van der Waals surface area contributed by atoms with Crippen LogP contribution in [-0.4, -0.2) is 32.1 Å². The monoisotopic (exact) mass is 461 g/mol. The van der Waals surface area contributed by atoms with Gasteiger partial charge in [0.15, 0.2) is 11.1 Å². The van der Waals surface area contributed by atoms with Crippen molar-refractivity contribution in [3.63, 3.8) is 0 Å². The first-order chi connectivity index (χ1) is 14.4. The van der Waals surface area contributed by atoms with E-state index in [2.05, 4.69) is 29.6 Å². The molecule has 2 aromatic carbocycles. The van der Waals surface area contributed by atoms with Crippen LogP contribution in [0.1, 0.15) is 18.2 Å². The van der Waals surface area contributed by atoms with Crippen molar-refractivity contribution in [3.05, 3.63) is 59.5 Å². The molecule has 2 atom stereocenters. The Bertz CT molecular complexity index is 1030. The number of carbonyl (C=O) groups is 1. The van der Waals surface area contributed by atoms with E-state index in [0.29, 0.717) is 16.2 Å². The number of hydrogen-bond acceptors (Lipinski definition) is 5. The van der Waals surface area contributed by atoms with Gasteiger partial charge in [-0.05, 0) is 47.6 Å². The second-order valence-corrected chi connectivity index (χ2v) is 9.59. The predicted octanol–water partition coefficient (Wildman–Crippen LogP) is 5.34. The van der Waals surface area contributed by atoms with E-state index in [-0.39, 0.29) is 6.54 Å². The first-order valence-electron chi connectivity index (χ1n) is 9.37. The summed E-state index contributed by atoms with van der Waals surface area (Å²) >= 11 is 0.969. The number of thioether (sulfide) groups is 1. The average Bonchev–Trinajstić information content (AvgIpc) is 3.19. The number of nitrogens with one attached hydrogen (secondary N) is 1. The van der Waals surface area contributed by atoms with Crippen LogP contribution in [0.5, 0.6) is 0 Å². The second kappa shape index (κ2) is 10.4. The Hall–Kier alpha value is -1.97. The smallest absolute Gasteiger partial charge is 0.320 e. The molecule has 3 aromatic rings. The summed E-state index contributed by atoms with van der Waals surface area (Å²) in [5.74, 6) is -0.929. The van der Waals surface area contributed by atoms with E-state index >= 15 is 0 Å². The molecule has 0 amide bonds. The first kappa shape index (κ1) is 22.7. The molecule has 0 bridgehead atoms. The normalized spacial score (nSPS) is 13.2. The van der Waals surface area contributed by atoms with Crippen LogP contribution in [0, 0.1) is 0 Å². The highest BCUT2D eigenvalue weighted by molar-refractivity contribution is 7.98. The molecule has 0 fully saturated rings. The first-order valence-corrected chi connectivity index (χ1v) is 12.5. The maximum atomic E-state index is 11.8. The predicted molar refractivity (Wildman–Crippen MR) is 125 cm³/mol. The van der Waals surface area contributed by atoms with Crippen molar-refractivity contribution >= 4 is 40.1 Å². The van der Waals surface area contributed by atoms with Crippen molar-refractivity contribution in [2.75, 3.05) is 6.26 Å². The molecular weight excluding hydrogens is 438 g/mol. The van der Waals surface area contributed by atoms with Gasteiger partial charge < -0.3 is 9.66 Å². The fraction of sp³-hybridized carbons (Fsp3) is 0.227. The van der Waals surface area contributed by atoms with Crippen molar-refractivity contribution < 1.29 is 18.7 Å². The van der Waals surface area contributed by atoms with Crippen LogP contribution in [0.4, 0.5) is 0 Å². The molecule has 5 nitrogen and oxygen atoms in total. The number of carboxylic acid groups (broad SMARTS) is 1. The van der Waals surface area contributed by atoms with Crippen molar-refractivity contribution in [1.29, 1.82) is 0 Å². The van der Waals surface area contributed by atoms with Crippen molar-refractivity contribution in [3.8, 4) is 21.6 Å². The lowest BCUT2D eigenvalue weighted by atomic mass is 10.0. The van der Waals surface area contributed by atoms with E-state index in [1.165, 1.54) is 16.2 Å². The van der Waals surface area contributed by atoms with E-state index in [1.807, 2.05) is 30.5 Å². The lowest BCUT2D eigenvalue weighted by molar-refractivity contribution is -0.139. The van der Waals surface area contributed by atoms with Crippen molar-refractivity contribution in [2.45, 2.75) is 35.7 Å². The third kappa shape index (κ3) is 5.39. The van der Waals surface area contributed by atoms with Crippen LogP contribution < -0.4 is 5.32 Å². The molecule has 1 aromatic heterocycles. The molecule has 3 rings (SSSR count). The molecule has 0 spiro atoms. The van der Waals surface area contributed by atoms with Gasteiger partial charge in [0, 0.05) is 21.2 Å². The van der Waals surface area contributed by atoms with Gasteiger partial charge in [0.2, 0.25) is 0 Å². The van der Waals surface area contributed by atoms with E-state index in [0.717, 1.165) is 21.6 Å². The fourth-order valence-electron chi connectivity index (χ4n) is 3.06. The minimum atomic E-state index is -2.14. The lowest BCUT2D eigenvalue weighted by Gasteiger charge is -2.11. The zero-order valence-electron chi connectivity index (χ0n) is 16.6. The Kier molecular flexibility index (Phi) is 7.85. The molecule has 0 aliphatic heterocycles. The van der Waals surface area contributed by atoms with Crippen LogP contribution in [-0.2, 0) is 22.4 Å². The van der Waals surface area contributed by atoms with E-state index < -0.39 is 23.1 Å². The Morgan fingerprint density at radius 2 is 1.67 bits per heavy atom. The van der Waals surface area contributed by atoms with Crippen LogP contribution in [0.15, 0.2) is 64.4 Å². The summed E-state index contributed by atoms with van der Waals surface area (Å²) in [6.45, 7) is 2.02. The van der Waals surface area contributed by atoms with Crippen LogP contribution in [0.3, 0.4) is 0 Å². The van der Waals surface area contributed by atoms with Gasteiger partial charge >= 0.3 is 5.97 Å². The second-order valence-electron chi connectivity index (χ2n) is 6.63. The molecule has 1 heterocycles. The number of rotatable bonds is 9. The summed E-state index contributed by atoms with van der Waals surface area (Å²) in [5, 5.41) is 12.1. The van der Waals surface area contributed by atoms with Crippen LogP contribution in [0.25, 0.3) is 21.6 Å². The van der Waals surface area contributed by atoms with Gasteiger partial charge in [0.25, 0.3) is 0 Å². The third-order valence-corrected chi connectivity index (χ3v) is 7.56. The summed E-state index contributed by atoms with van der Waals surface area (Å²) in [4.78, 5) is 14.3. The van der Waals surface area contributed by atoms with Crippen molar-refractivity contribution in [1.82, 2.24) is 5.32 Å². The van der Waals surface area contributed by atoms with Crippen LogP contribution in [0.2, 0.25) is 0 Å². The quantitative estimate of drug-likeness (QED) is 0.295. The molecule has 0 aliphatic rings. The molecule has 30 heavy (non-hydrogen) atoms. The largest absolute Gasteiger partial charge is 0.480 e. The molecular formula is C22H23NO4S3. The molecule has 8 heteroatoms. The van der Waals surface area contributed by atoms with Crippen molar-refractivity contribution in [2.24, 2.45) is 0 Å². The Balaban J connectivity index is 1.82. The minimum Gasteiger partial charge on any atom is -0.480 e. The number of carboxylic acids is 1. The third-order valence-electron chi connectivity index (χ3n) is 4.77. The number of thiophene rings is 1. The summed E-state index contributed by atoms with van der Waals surface area (Å²) in [5.41, 5.74) is 3.18. The van der Waals surface area contributed by atoms with E-state index in [4.69, 9.17) is 0 Å². The highest BCUT2D eigenvalue weighted by atomic mass is 32.2. The zero-order chi connectivity index (χ0) is 21.7. The van der Waals surface area contributed by atoms with Crippen LogP contribution >= 0.6 is 23.1 Å². The number of benzene rings is 2. The average molecular weight is 462 g/mol. The highest BCUT2D eigenvalue weighted by Crippen LogP contribution is 2.34. The molecule has 3 N–H and O–H groups in total. The van der Waals surface area contributed by atoms with Gasteiger partial charge in [-0.1, -0.05) is 43.3 Å². The minimum absolute atomic E-state index is 0.233. The standard InChI is InChI=1S/C22H23NO4S3/c1-3-18(22(24)25)23-13-20-21(30(26)27)12-19(29-20)16-6-4-14(5-7-16)15-8-10-17(28-2)11-9-15/h4-12,18,23H,3,13H2,1-2H3,(H,24,25)(H,26,27). The summed E-state index contributed by atoms with van der Waals surface area (Å²) in [7, 11) is 0. The van der Waals surface area contributed by atoms with Gasteiger partial charge in [0.1, 0.15) is 6.04 Å². The topological polar surface area (TPSA) is 86.6 Å². The van der Waals surface area contributed by atoms with E-state index in [1.54, 1.807) is 24.8 Å². The van der Waals surface area contributed by atoms with Gasteiger partial charge in [-0.2, -0.15) is 0 Å². The lowest BCUT2D eigenvalue weighted by Crippen LogP contribution is -2.35. The summed E-state index contributed by atoms with van der Waals surface area (Å²) in [6.07, 6.45) is 2.48. The Morgan fingerprint density at radius 1 is 1.10 bits per heavy atom. The van der Waals surface area contributed by atoms with Gasteiger partial charge in [-0.25, -0.2) is 4.21 Å². The maximum Gasteiger partial charge on any atom is 0.320 e. The highest BCUT2D eigenvalue weighted by Gasteiger charge is 2.19. The maximum absolute atomic E-state index is 11.8. The fourth-order valence-corrected chi connectivity index (χ4v) is 5.38. The Morgan fingerprint density at radius 3 is 2.17 bits per heavy atom. The van der Waals surface area contributed by atoms with Gasteiger partial charge in [-0.3, -0.25) is 10.1 Å². The molecule has 0 saturated heterocycles. The SMILES string of the molecule is CCC(NCc1sc(-c2ccc(-c3ccc(SC)cc3)cc2)cc1S(=O)O)C(=O)O. The molecule has 0 radical (unpaired) electrons. The summed E-state index contributed by atoms with van der Waals surface area (Å²) < 4.78 is 21.4. The summed E-state index contributed by atoms with van der Waals surface area (Å²) in [6, 6.07) is 17.5. The van der Waals surface area contributed by atoms with Gasteiger partial charge in [0.05, 0.1) is 4.90 Å². The zero-order valence-corrected chi connectivity index (χ0v) is 19.1. The molecule has 0 aliphatic carbocycles.